The molecular formula is C9H16N2O4. The molecule has 3 N–H and O–H groups in total. The van der Waals surface area contributed by atoms with E-state index in [9.17, 15) is 9.59 Å². The maximum Gasteiger partial charge on any atom is 0.223 e. The molecule has 6 nitrogen and oxygen atoms in total. The predicted octanol–water partition coefficient (Wildman–Crippen LogP) is -1.67. The van der Waals surface area contributed by atoms with Crippen molar-refractivity contribution in [3.8, 4) is 0 Å². The van der Waals surface area contributed by atoms with Gasteiger partial charge < -0.3 is 20.5 Å². The van der Waals surface area contributed by atoms with Crippen LogP contribution < -0.4 is 5.73 Å². The molecule has 1 unspecified atom stereocenters. The number of carbonyl (C=O) groups excluding carboxylic acids is 2. The maximum absolute atomic E-state index is 11.4. The smallest absolute Gasteiger partial charge is 0.223 e. The first kappa shape index (κ1) is 11.9. The number of nitrogens with two attached hydrogens (primary N) is 1. The molecule has 1 atom stereocenters. The molecule has 6 heteroatoms. The molecule has 15 heavy (non-hydrogen) atoms. The fourth-order valence-electron chi connectivity index (χ4n) is 1.52. The van der Waals surface area contributed by atoms with Crippen LogP contribution in [0.5, 0.6) is 0 Å². The van der Waals surface area contributed by atoms with Gasteiger partial charge in [-0.15, -0.1) is 0 Å². The van der Waals surface area contributed by atoms with Gasteiger partial charge in [0, 0.05) is 19.5 Å². The number of primary amides is 1. The number of carbonyl (C=O) groups is 2. The molecule has 2 amide bonds. The first-order valence-corrected chi connectivity index (χ1v) is 4.91. The highest BCUT2D eigenvalue weighted by atomic mass is 16.5. The van der Waals surface area contributed by atoms with E-state index in [1.165, 1.54) is 0 Å². The standard InChI is InChI=1S/C9H16N2O4/c10-9(14)7-5-8(13)11(6-7)1-3-15-4-2-12/h7,12H,1-6H2,(H2,10,14). The van der Waals surface area contributed by atoms with E-state index >= 15 is 0 Å². The molecule has 1 rings (SSSR count). The molecule has 0 spiro atoms. The van der Waals surface area contributed by atoms with Gasteiger partial charge in [-0.3, -0.25) is 9.59 Å². The summed E-state index contributed by atoms with van der Waals surface area (Å²) in [6.07, 6.45) is 0.204. The molecule has 0 aromatic carbocycles. The van der Waals surface area contributed by atoms with Gasteiger partial charge in [0.25, 0.3) is 0 Å². The average Bonchev–Trinajstić information content (AvgIpc) is 2.55. The summed E-state index contributed by atoms with van der Waals surface area (Å²) in [5.41, 5.74) is 5.12. The monoisotopic (exact) mass is 216 g/mol. The number of likely N-dealkylation sites (tertiary alicyclic amines) is 1. The zero-order chi connectivity index (χ0) is 11.3. The van der Waals surface area contributed by atoms with E-state index in [4.69, 9.17) is 15.6 Å². The zero-order valence-corrected chi connectivity index (χ0v) is 8.52. The van der Waals surface area contributed by atoms with Gasteiger partial charge in [-0.2, -0.15) is 0 Å². The van der Waals surface area contributed by atoms with Gasteiger partial charge >= 0.3 is 0 Å². The Bertz CT molecular complexity index is 244. The van der Waals surface area contributed by atoms with Crippen LogP contribution in [0.3, 0.4) is 0 Å². The number of hydrogen-bond donors (Lipinski definition) is 2. The Balaban J connectivity index is 2.25. The van der Waals surface area contributed by atoms with Crippen molar-refractivity contribution >= 4 is 11.8 Å². The molecule has 0 aliphatic carbocycles. The summed E-state index contributed by atoms with van der Waals surface area (Å²) < 4.78 is 5.03. The van der Waals surface area contributed by atoms with Gasteiger partial charge in [0.05, 0.1) is 25.7 Å². The van der Waals surface area contributed by atoms with Crippen LogP contribution in [0.25, 0.3) is 0 Å². The SMILES string of the molecule is NC(=O)C1CC(=O)N(CCOCCO)C1. The average molecular weight is 216 g/mol. The van der Waals surface area contributed by atoms with Crippen molar-refractivity contribution < 1.29 is 19.4 Å². The molecule has 0 radical (unpaired) electrons. The van der Waals surface area contributed by atoms with E-state index < -0.39 is 5.91 Å². The summed E-state index contributed by atoms with van der Waals surface area (Å²) in [5.74, 6) is -0.858. The molecule has 0 bridgehead atoms. The maximum atomic E-state index is 11.4. The summed E-state index contributed by atoms with van der Waals surface area (Å²) >= 11 is 0. The van der Waals surface area contributed by atoms with Crippen molar-refractivity contribution in [2.24, 2.45) is 11.7 Å². The molecule has 1 heterocycles. The molecular weight excluding hydrogens is 200 g/mol. The third-order valence-electron chi connectivity index (χ3n) is 2.36. The quantitative estimate of drug-likeness (QED) is 0.519. The van der Waals surface area contributed by atoms with Crippen LogP contribution in [0, 0.1) is 5.92 Å². The first-order valence-electron chi connectivity index (χ1n) is 4.91. The second-order valence-corrected chi connectivity index (χ2v) is 3.48. The number of aliphatic hydroxyl groups is 1. The lowest BCUT2D eigenvalue weighted by Crippen LogP contribution is -2.31. The van der Waals surface area contributed by atoms with Crippen LogP contribution in [0.2, 0.25) is 0 Å². The summed E-state index contributed by atoms with van der Waals surface area (Å²) in [6.45, 7) is 1.44. The lowest BCUT2D eigenvalue weighted by Gasteiger charge is -2.15. The predicted molar refractivity (Wildman–Crippen MR) is 51.8 cm³/mol. The van der Waals surface area contributed by atoms with Crippen LogP contribution in [-0.2, 0) is 14.3 Å². The molecule has 1 fully saturated rings. The minimum absolute atomic E-state index is 0.0299. The summed E-state index contributed by atoms with van der Waals surface area (Å²) in [5, 5.41) is 8.46. The topological polar surface area (TPSA) is 92.9 Å². The highest BCUT2D eigenvalue weighted by Crippen LogP contribution is 2.16. The fourth-order valence-corrected chi connectivity index (χ4v) is 1.52. The lowest BCUT2D eigenvalue weighted by molar-refractivity contribution is -0.129. The van der Waals surface area contributed by atoms with Crippen LogP contribution in [0.4, 0.5) is 0 Å². The van der Waals surface area contributed by atoms with Crippen LogP contribution in [-0.4, -0.2) is 54.7 Å². The Morgan fingerprint density at radius 3 is 2.87 bits per heavy atom. The Kier molecular flexibility index (Phi) is 4.51. The Morgan fingerprint density at radius 2 is 2.33 bits per heavy atom. The van der Waals surface area contributed by atoms with Crippen LogP contribution in [0.15, 0.2) is 0 Å². The highest BCUT2D eigenvalue weighted by Gasteiger charge is 2.32. The van der Waals surface area contributed by atoms with Crippen LogP contribution in [0.1, 0.15) is 6.42 Å². The van der Waals surface area contributed by atoms with E-state index in [2.05, 4.69) is 0 Å². The third-order valence-corrected chi connectivity index (χ3v) is 2.36. The molecule has 0 aromatic rings. The van der Waals surface area contributed by atoms with Crippen LogP contribution >= 0.6 is 0 Å². The lowest BCUT2D eigenvalue weighted by atomic mass is 10.1. The van der Waals surface area contributed by atoms with Crippen molar-refractivity contribution in [2.45, 2.75) is 6.42 Å². The Morgan fingerprint density at radius 1 is 1.60 bits per heavy atom. The van der Waals surface area contributed by atoms with E-state index in [-0.39, 0.29) is 31.5 Å². The molecule has 86 valence electrons. The van der Waals surface area contributed by atoms with Crippen molar-refractivity contribution in [1.29, 1.82) is 0 Å². The molecule has 1 aliphatic rings. The number of hydrogen-bond acceptors (Lipinski definition) is 4. The van der Waals surface area contributed by atoms with Crippen molar-refractivity contribution in [2.75, 3.05) is 32.9 Å². The second kappa shape index (κ2) is 5.67. The van der Waals surface area contributed by atoms with Gasteiger partial charge in [-0.1, -0.05) is 0 Å². The number of rotatable bonds is 6. The van der Waals surface area contributed by atoms with E-state index in [1.807, 2.05) is 0 Å². The van der Waals surface area contributed by atoms with Gasteiger partial charge in [-0.05, 0) is 0 Å². The summed E-state index contributed by atoms with van der Waals surface area (Å²) in [7, 11) is 0. The van der Waals surface area contributed by atoms with Gasteiger partial charge in [-0.25, -0.2) is 0 Å². The highest BCUT2D eigenvalue weighted by molar-refractivity contribution is 5.88. The van der Waals surface area contributed by atoms with E-state index in [1.54, 1.807) is 4.90 Å². The molecule has 0 saturated carbocycles. The third kappa shape index (κ3) is 3.49. The molecule has 1 saturated heterocycles. The second-order valence-electron chi connectivity index (χ2n) is 3.48. The number of aliphatic hydroxyl groups excluding tert-OH is 1. The summed E-state index contributed by atoms with van der Waals surface area (Å²) in [6, 6.07) is 0. The minimum atomic E-state index is -0.429. The number of amides is 2. The minimum Gasteiger partial charge on any atom is -0.394 e. The number of ether oxygens (including phenoxy) is 1. The van der Waals surface area contributed by atoms with Gasteiger partial charge in [0.15, 0.2) is 0 Å². The normalized spacial score (nSPS) is 21.0. The zero-order valence-electron chi connectivity index (χ0n) is 8.52. The van der Waals surface area contributed by atoms with Crippen molar-refractivity contribution in [1.82, 2.24) is 4.90 Å². The summed E-state index contributed by atoms with van der Waals surface area (Å²) in [4.78, 5) is 23.8. The molecule has 1 aliphatic heterocycles. The Hall–Kier alpha value is -1.14. The van der Waals surface area contributed by atoms with Gasteiger partial charge in [0.2, 0.25) is 11.8 Å². The fraction of sp³-hybridized carbons (Fsp3) is 0.778. The molecule has 0 aromatic heterocycles. The largest absolute Gasteiger partial charge is 0.394 e. The van der Waals surface area contributed by atoms with E-state index in [0.29, 0.717) is 19.7 Å². The number of nitrogens with zero attached hydrogens (tertiary/aromatic N) is 1. The van der Waals surface area contributed by atoms with E-state index in [0.717, 1.165) is 0 Å². The van der Waals surface area contributed by atoms with Gasteiger partial charge in [0.1, 0.15) is 0 Å². The Labute approximate surface area is 88.0 Å². The van der Waals surface area contributed by atoms with Crippen molar-refractivity contribution in [3.63, 3.8) is 0 Å². The first-order chi connectivity index (χ1) is 7.15. The van der Waals surface area contributed by atoms with Crippen molar-refractivity contribution in [3.05, 3.63) is 0 Å².